The van der Waals surface area contributed by atoms with E-state index < -0.39 is 0 Å². The Bertz CT molecular complexity index is 498. The van der Waals surface area contributed by atoms with E-state index in [2.05, 4.69) is 54.2 Å². The summed E-state index contributed by atoms with van der Waals surface area (Å²) in [5.41, 5.74) is 8.81. The summed E-state index contributed by atoms with van der Waals surface area (Å²) in [4.78, 5) is 6.54. The molecule has 0 fully saturated rings. The van der Waals surface area contributed by atoms with Crippen molar-refractivity contribution >= 4 is 0 Å². The predicted molar refractivity (Wildman–Crippen MR) is 83.2 cm³/mol. The largest absolute Gasteiger partial charge is 0.326 e. The van der Waals surface area contributed by atoms with Crippen LogP contribution in [0.5, 0.6) is 0 Å². The van der Waals surface area contributed by atoms with Gasteiger partial charge in [-0.25, -0.2) is 0 Å². The van der Waals surface area contributed by atoms with E-state index in [4.69, 9.17) is 5.73 Å². The number of rotatable bonds is 6. The number of pyridine rings is 1. The van der Waals surface area contributed by atoms with Crippen molar-refractivity contribution in [1.82, 2.24) is 9.88 Å². The summed E-state index contributed by atoms with van der Waals surface area (Å²) < 4.78 is 0. The van der Waals surface area contributed by atoms with Gasteiger partial charge in [0.05, 0.1) is 6.04 Å². The molecule has 2 unspecified atom stereocenters. The molecule has 1 aromatic carbocycles. The van der Waals surface area contributed by atoms with Crippen molar-refractivity contribution in [3.63, 3.8) is 0 Å². The van der Waals surface area contributed by atoms with E-state index in [0.29, 0.717) is 0 Å². The fourth-order valence-corrected chi connectivity index (χ4v) is 2.57. The van der Waals surface area contributed by atoms with Gasteiger partial charge in [-0.3, -0.25) is 9.88 Å². The Hall–Kier alpha value is -1.71. The van der Waals surface area contributed by atoms with E-state index in [9.17, 15) is 0 Å². The van der Waals surface area contributed by atoms with Crippen LogP contribution in [-0.4, -0.2) is 23.0 Å². The number of aromatic nitrogens is 1. The Balaban J connectivity index is 2.19. The summed E-state index contributed by atoms with van der Waals surface area (Å²) in [5.74, 6) is 0. The molecule has 1 aromatic heterocycles. The maximum atomic E-state index is 6.33. The van der Waals surface area contributed by atoms with Gasteiger partial charge in [0.25, 0.3) is 0 Å². The summed E-state index contributed by atoms with van der Waals surface area (Å²) in [6.07, 6.45) is 4.66. The molecule has 1 heterocycles. The van der Waals surface area contributed by atoms with E-state index in [1.165, 1.54) is 11.1 Å². The second-order valence-corrected chi connectivity index (χ2v) is 5.20. The Morgan fingerprint density at radius 1 is 1.15 bits per heavy atom. The molecule has 2 N–H and O–H groups in total. The average molecular weight is 269 g/mol. The Kier molecular flexibility index (Phi) is 5.27. The lowest BCUT2D eigenvalue weighted by Crippen LogP contribution is -2.38. The van der Waals surface area contributed by atoms with Gasteiger partial charge in [0.2, 0.25) is 0 Å². The molecule has 0 aliphatic rings. The number of likely N-dealkylation sites (N-methyl/N-ethyl adjacent to an activating group) is 1. The standard InChI is InChI=1S/C17H23N3/c1-3-16(18)17(15-10-7-11-19-12-15)20(2)13-14-8-5-4-6-9-14/h4-12,16-17H,3,13,18H2,1-2H3. The van der Waals surface area contributed by atoms with Gasteiger partial charge < -0.3 is 5.73 Å². The van der Waals surface area contributed by atoms with Gasteiger partial charge in [-0.15, -0.1) is 0 Å². The Morgan fingerprint density at radius 2 is 1.90 bits per heavy atom. The highest BCUT2D eigenvalue weighted by Gasteiger charge is 2.23. The maximum Gasteiger partial charge on any atom is 0.0514 e. The van der Waals surface area contributed by atoms with Crippen LogP contribution >= 0.6 is 0 Å². The number of nitrogens with zero attached hydrogens (tertiary/aromatic N) is 2. The van der Waals surface area contributed by atoms with E-state index in [1.54, 1.807) is 6.20 Å². The zero-order chi connectivity index (χ0) is 14.4. The molecule has 0 saturated carbocycles. The third-order valence-corrected chi connectivity index (χ3v) is 3.65. The first-order valence-electron chi connectivity index (χ1n) is 7.12. The fraction of sp³-hybridized carbons (Fsp3) is 0.353. The second-order valence-electron chi connectivity index (χ2n) is 5.20. The van der Waals surface area contributed by atoms with E-state index >= 15 is 0 Å². The van der Waals surface area contributed by atoms with Gasteiger partial charge in [-0.05, 0) is 30.7 Å². The third kappa shape index (κ3) is 3.65. The van der Waals surface area contributed by atoms with Gasteiger partial charge in [0.1, 0.15) is 0 Å². The molecule has 2 rings (SSSR count). The first kappa shape index (κ1) is 14.7. The lowest BCUT2D eigenvalue weighted by atomic mass is 9.97. The zero-order valence-electron chi connectivity index (χ0n) is 12.2. The monoisotopic (exact) mass is 269 g/mol. The minimum atomic E-state index is 0.105. The lowest BCUT2D eigenvalue weighted by molar-refractivity contribution is 0.201. The molecule has 106 valence electrons. The van der Waals surface area contributed by atoms with Gasteiger partial charge in [-0.1, -0.05) is 43.3 Å². The van der Waals surface area contributed by atoms with Crippen molar-refractivity contribution < 1.29 is 0 Å². The van der Waals surface area contributed by atoms with Crippen LogP contribution in [0.1, 0.15) is 30.5 Å². The highest BCUT2D eigenvalue weighted by atomic mass is 15.1. The van der Waals surface area contributed by atoms with Gasteiger partial charge in [-0.2, -0.15) is 0 Å². The SMILES string of the molecule is CCC(N)C(c1cccnc1)N(C)Cc1ccccc1. The molecule has 0 aliphatic carbocycles. The highest BCUT2D eigenvalue weighted by Crippen LogP contribution is 2.24. The lowest BCUT2D eigenvalue weighted by Gasteiger charge is -2.32. The van der Waals surface area contributed by atoms with Crippen molar-refractivity contribution in [2.24, 2.45) is 5.73 Å². The fourth-order valence-electron chi connectivity index (χ4n) is 2.57. The van der Waals surface area contributed by atoms with Gasteiger partial charge in [0.15, 0.2) is 0 Å². The summed E-state index contributed by atoms with van der Waals surface area (Å²) >= 11 is 0. The number of hydrogen-bond donors (Lipinski definition) is 1. The van der Waals surface area contributed by atoms with Crippen molar-refractivity contribution in [1.29, 1.82) is 0 Å². The van der Waals surface area contributed by atoms with Gasteiger partial charge >= 0.3 is 0 Å². The van der Waals surface area contributed by atoms with Crippen molar-refractivity contribution in [3.05, 3.63) is 66.0 Å². The topological polar surface area (TPSA) is 42.1 Å². The number of benzene rings is 1. The predicted octanol–water partition coefficient (Wildman–Crippen LogP) is 2.99. The molecule has 3 heteroatoms. The van der Waals surface area contributed by atoms with Crippen LogP contribution in [0, 0.1) is 0 Å². The second kappa shape index (κ2) is 7.17. The van der Waals surface area contributed by atoms with Crippen LogP contribution in [0.4, 0.5) is 0 Å². The van der Waals surface area contributed by atoms with Crippen LogP contribution in [0.3, 0.4) is 0 Å². The number of hydrogen-bond acceptors (Lipinski definition) is 3. The summed E-state index contributed by atoms with van der Waals surface area (Å²) in [6, 6.07) is 14.9. The zero-order valence-corrected chi connectivity index (χ0v) is 12.2. The number of nitrogens with two attached hydrogens (primary N) is 1. The Morgan fingerprint density at radius 3 is 2.50 bits per heavy atom. The molecule has 3 nitrogen and oxygen atoms in total. The molecule has 2 aromatic rings. The van der Waals surface area contributed by atoms with Gasteiger partial charge in [0, 0.05) is 25.0 Å². The van der Waals surface area contributed by atoms with Crippen LogP contribution in [0.15, 0.2) is 54.9 Å². The van der Waals surface area contributed by atoms with Crippen LogP contribution < -0.4 is 5.73 Å². The minimum absolute atomic E-state index is 0.105. The highest BCUT2D eigenvalue weighted by molar-refractivity contribution is 5.18. The first-order valence-corrected chi connectivity index (χ1v) is 7.12. The van der Waals surface area contributed by atoms with Crippen molar-refractivity contribution in [2.75, 3.05) is 7.05 Å². The summed E-state index contributed by atoms with van der Waals surface area (Å²) in [7, 11) is 2.13. The van der Waals surface area contributed by atoms with Crippen LogP contribution in [0.25, 0.3) is 0 Å². The van der Waals surface area contributed by atoms with E-state index in [1.807, 2.05) is 18.3 Å². The van der Waals surface area contributed by atoms with Crippen molar-refractivity contribution in [2.45, 2.75) is 32.0 Å². The molecular weight excluding hydrogens is 246 g/mol. The quantitative estimate of drug-likeness (QED) is 0.876. The molecule has 0 radical (unpaired) electrons. The molecule has 0 saturated heterocycles. The molecule has 2 atom stereocenters. The average Bonchev–Trinajstić information content (AvgIpc) is 2.49. The first-order chi connectivity index (χ1) is 9.72. The molecular formula is C17H23N3. The van der Waals surface area contributed by atoms with E-state index in [0.717, 1.165) is 13.0 Å². The molecule has 0 amide bonds. The molecule has 0 spiro atoms. The summed E-state index contributed by atoms with van der Waals surface area (Å²) in [5, 5.41) is 0. The maximum absolute atomic E-state index is 6.33. The van der Waals surface area contributed by atoms with Crippen LogP contribution in [0.2, 0.25) is 0 Å². The van der Waals surface area contributed by atoms with E-state index in [-0.39, 0.29) is 12.1 Å². The Labute approximate surface area is 121 Å². The molecule has 0 aliphatic heterocycles. The molecule has 0 bridgehead atoms. The van der Waals surface area contributed by atoms with Crippen molar-refractivity contribution in [3.8, 4) is 0 Å². The minimum Gasteiger partial charge on any atom is -0.326 e. The smallest absolute Gasteiger partial charge is 0.0514 e. The molecule has 20 heavy (non-hydrogen) atoms. The normalized spacial score (nSPS) is 14.2. The van der Waals surface area contributed by atoms with Crippen LogP contribution in [-0.2, 0) is 6.54 Å². The summed E-state index contributed by atoms with van der Waals surface area (Å²) in [6.45, 7) is 3.01. The third-order valence-electron chi connectivity index (χ3n) is 3.65.